The van der Waals surface area contributed by atoms with E-state index >= 15 is 0 Å². The number of hydrogen-bond donors (Lipinski definition) is 2. The van der Waals surface area contributed by atoms with E-state index in [1.807, 2.05) is 30.3 Å². The summed E-state index contributed by atoms with van der Waals surface area (Å²) >= 11 is 0. The molecule has 2 unspecified atom stereocenters. The molecule has 2 atom stereocenters. The number of nitrogens with two attached hydrogens (primary N) is 1. The maximum atomic E-state index is 10.8. The van der Waals surface area contributed by atoms with Crippen molar-refractivity contribution in [1.29, 1.82) is 0 Å². The number of benzene rings is 1. The molecule has 3 nitrogen and oxygen atoms in total. The molecule has 0 aromatic heterocycles. The molecule has 3 heteroatoms. The summed E-state index contributed by atoms with van der Waals surface area (Å²) < 4.78 is 0. The summed E-state index contributed by atoms with van der Waals surface area (Å²) in [5, 5.41) is 10.8. The van der Waals surface area contributed by atoms with Crippen LogP contribution in [0.5, 0.6) is 0 Å². The van der Waals surface area contributed by atoms with Crippen molar-refractivity contribution in [2.75, 3.05) is 19.6 Å². The predicted octanol–water partition coefficient (Wildman–Crippen LogP) is 2.49. The Bertz CT molecular complexity index is 395. The molecule has 1 fully saturated rings. The molecule has 1 aliphatic heterocycles. The van der Waals surface area contributed by atoms with Gasteiger partial charge in [-0.2, -0.15) is 0 Å². The molecule has 0 saturated carbocycles. The lowest BCUT2D eigenvalue weighted by atomic mass is 9.90. The quantitative estimate of drug-likeness (QED) is 0.868. The van der Waals surface area contributed by atoms with E-state index in [1.54, 1.807) is 0 Å². The molecular weight excluding hydrogens is 248 g/mol. The van der Waals surface area contributed by atoms with Gasteiger partial charge in [0.25, 0.3) is 0 Å². The fraction of sp³-hybridized carbons (Fsp3) is 0.647. The Morgan fingerprint density at radius 1 is 1.25 bits per heavy atom. The van der Waals surface area contributed by atoms with Crippen molar-refractivity contribution < 1.29 is 5.11 Å². The number of aliphatic hydroxyl groups is 1. The smallest absolute Gasteiger partial charge is 0.103 e. The maximum absolute atomic E-state index is 10.8. The second-order valence-corrected chi connectivity index (χ2v) is 6.09. The highest BCUT2D eigenvalue weighted by molar-refractivity contribution is 5.22. The number of hydrogen-bond acceptors (Lipinski definition) is 3. The molecule has 1 aromatic carbocycles. The standard InChI is InChI=1S/C17H28N2O/c1-15-8-4-3-7-12-19(15)13-11-17(20,14-18)16-9-5-2-6-10-16/h2,5-6,9-10,15,20H,3-4,7-8,11-14,18H2,1H3. The van der Waals surface area contributed by atoms with Crippen LogP contribution in [-0.2, 0) is 5.60 Å². The van der Waals surface area contributed by atoms with E-state index in [1.165, 1.54) is 25.7 Å². The van der Waals surface area contributed by atoms with Crippen LogP contribution in [0, 0.1) is 0 Å². The maximum Gasteiger partial charge on any atom is 0.103 e. The van der Waals surface area contributed by atoms with E-state index < -0.39 is 5.60 Å². The molecule has 20 heavy (non-hydrogen) atoms. The summed E-state index contributed by atoms with van der Waals surface area (Å²) in [5.41, 5.74) is 5.89. The zero-order chi connectivity index (χ0) is 14.4. The molecule has 0 amide bonds. The second kappa shape index (κ2) is 7.21. The summed E-state index contributed by atoms with van der Waals surface area (Å²) in [4.78, 5) is 2.51. The van der Waals surface area contributed by atoms with E-state index in [4.69, 9.17) is 5.73 Å². The Balaban J connectivity index is 1.99. The summed E-state index contributed by atoms with van der Waals surface area (Å²) in [7, 11) is 0. The highest BCUT2D eigenvalue weighted by atomic mass is 16.3. The molecule has 1 aromatic rings. The van der Waals surface area contributed by atoms with Gasteiger partial charge in [0, 0.05) is 19.1 Å². The average molecular weight is 276 g/mol. The molecule has 112 valence electrons. The Labute approximate surface area is 122 Å². The van der Waals surface area contributed by atoms with Crippen molar-refractivity contribution in [1.82, 2.24) is 4.90 Å². The first-order valence-electron chi connectivity index (χ1n) is 7.88. The van der Waals surface area contributed by atoms with Crippen LogP contribution in [0.4, 0.5) is 0 Å². The largest absolute Gasteiger partial charge is 0.384 e. The molecule has 1 aliphatic rings. The van der Waals surface area contributed by atoms with Crippen LogP contribution < -0.4 is 5.73 Å². The molecule has 1 heterocycles. The van der Waals surface area contributed by atoms with Crippen LogP contribution in [-0.4, -0.2) is 35.7 Å². The summed E-state index contributed by atoms with van der Waals surface area (Å²) in [5.74, 6) is 0. The van der Waals surface area contributed by atoms with Crippen molar-refractivity contribution in [2.24, 2.45) is 5.73 Å². The van der Waals surface area contributed by atoms with Gasteiger partial charge in [0.1, 0.15) is 5.60 Å². The molecule has 0 bridgehead atoms. The van der Waals surface area contributed by atoms with Gasteiger partial charge in [-0.25, -0.2) is 0 Å². The van der Waals surface area contributed by atoms with Crippen molar-refractivity contribution in [3.05, 3.63) is 35.9 Å². The number of likely N-dealkylation sites (tertiary alicyclic amines) is 1. The number of nitrogens with zero attached hydrogens (tertiary/aromatic N) is 1. The lowest BCUT2D eigenvalue weighted by Gasteiger charge is -2.33. The first kappa shape index (κ1) is 15.5. The first-order valence-corrected chi connectivity index (χ1v) is 7.88. The van der Waals surface area contributed by atoms with E-state index in [0.29, 0.717) is 12.5 Å². The van der Waals surface area contributed by atoms with Crippen LogP contribution in [0.1, 0.15) is 44.6 Å². The Morgan fingerprint density at radius 3 is 2.70 bits per heavy atom. The van der Waals surface area contributed by atoms with E-state index in [-0.39, 0.29) is 6.54 Å². The Morgan fingerprint density at radius 2 is 2.00 bits per heavy atom. The van der Waals surface area contributed by atoms with Gasteiger partial charge < -0.3 is 15.7 Å². The minimum atomic E-state index is -0.896. The van der Waals surface area contributed by atoms with Crippen molar-refractivity contribution in [3.63, 3.8) is 0 Å². The average Bonchev–Trinajstić information content (AvgIpc) is 2.70. The summed E-state index contributed by atoms with van der Waals surface area (Å²) in [6.45, 7) is 4.65. The van der Waals surface area contributed by atoms with Crippen LogP contribution in [0.15, 0.2) is 30.3 Å². The third kappa shape index (κ3) is 3.81. The van der Waals surface area contributed by atoms with Crippen LogP contribution in [0.3, 0.4) is 0 Å². The molecule has 3 N–H and O–H groups in total. The van der Waals surface area contributed by atoms with Gasteiger partial charge in [0.05, 0.1) is 0 Å². The van der Waals surface area contributed by atoms with Gasteiger partial charge in [0.2, 0.25) is 0 Å². The van der Waals surface area contributed by atoms with Gasteiger partial charge in [-0.05, 0) is 38.3 Å². The minimum absolute atomic E-state index is 0.277. The van der Waals surface area contributed by atoms with Crippen molar-refractivity contribution in [3.8, 4) is 0 Å². The Kier molecular flexibility index (Phi) is 5.58. The van der Waals surface area contributed by atoms with Crippen LogP contribution >= 0.6 is 0 Å². The normalized spacial score (nSPS) is 24.1. The SMILES string of the molecule is CC1CCCCCN1CCC(O)(CN)c1ccccc1. The minimum Gasteiger partial charge on any atom is -0.384 e. The molecular formula is C17H28N2O. The van der Waals surface area contributed by atoms with Gasteiger partial charge in [-0.1, -0.05) is 43.2 Å². The second-order valence-electron chi connectivity index (χ2n) is 6.09. The molecule has 0 spiro atoms. The highest BCUT2D eigenvalue weighted by Gasteiger charge is 2.29. The molecule has 2 rings (SSSR count). The first-order chi connectivity index (χ1) is 9.65. The number of rotatable bonds is 5. The summed E-state index contributed by atoms with van der Waals surface area (Å²) in [6, 6.07) is 10.5. The zero-order valence-corrected chi connectivity index (χ0v) is 12.6. The van der Waals surface area contributed by atoms with E-state index in [2.05, 4.69) is 11.8 Å². The van der Waals surface area contributed by atoms with Gasteiger partial charge >= 0.3 is 0 Å². The van der Waals surface area contributed by atoms with E-state index in [0.717, 1.165) is 18.7 Å². The van der Waals surface area contributed by atoms with Gasteiger partial charge in [-0.3, -0.25) is 0 Å². The zero-order valence-electron chi connectivity index (χ0n) is 12.6. The topological polar surface area (TPSA) is 49.5 Å². The lowest BCUT2D eigenvalue weighted by Crippen LogP contribution is -2.41. The fourth-order valence-electron chi connectivity index (χ4n) is 3.11. The molecule has 1 saturated heterocycles. The highest BCUT2D eigenvalue weighted by Crippen LogP contribution is 2.25. The third-order valence-electron chi connectivity index (χ3n) is 4.65. The fourth-order valence-corrected chi connectivity index (χ4v) is 3.11. The molecule has 0 aliphatic carbocycles. The van der Waals surface area contributed by atoms with Crippen LogP contribution in [0.25, 0.3) is 0 Å². The predicted molar refractivity (Wildman–Crippen MR) is 83.5 cm³/mol. The van der Waals surface area contributed by atoms with Gasteiger partial charge in [0.15, 0.2) is 0 Å². The lowest BCUT2D eigenvalue weighted by molar-refractivity contribution is 0.0219. The monoisotopic (exact) mass is 276 g/mol. The molecule has 0 radical (unpaired) electrons. The van der Waals surface area contributed by atoms with Crippen molar-refractivity contribution >= 4 is 0 Å². The third-order valence-corrected chi connectivity index (χ3v) is 4.65. The summed E-state index contributed by atoms with van der Waals surface area (Å²) in [6.07, 6.45) is 5.92. The van der Waals surface area contributed by atoms with Crippen LogP contribution in [0.2, 0.25) is 0 Å². The van der Waals surface area contributed by atoms with E-state index in [9.17, 15) is 5.11 Å². The Hall–Kier alpha value is -0.900. The van der Waals surface area contributed by atoms with Gasteiger partial charge in [-0.15, -0.1) is 0 Å². The van der Waals surface area contributed by atoms with Crippen molar-refractivity contribution in [2.45, 2.75) is 50.7 Å².